The smallest absolute Gasteiger partial charge is 0.237 e. The van der Waals surface area contributed by atoms with Gasteiger partial charge in [0.25, 0.3) is 0 Å². The fourth-order valence-corrected chi connectivity index (χ4v) is 3.80. The highest BCUT2D eigenvalue weighted by molar-refractivity contribution is 6.06. The Morgan fingerprint density at radius 1 is 1.29 bits per heavy atom. The Bertz CT molecular complexity index is 770. The van der Waals surface area contributed by atoms with Crippen LogP contribution in [-0.2, 0) is 4.79 Å². The summed E-state index contributed by atoms with van der Waals surface area (Å²) in [5, 5.41) is 8.94. The highest BCUT2D eigenvalue weighted by Gasteiger charge is 2.40. The summed E-state index contributed by atoms with van der Waals surface area (Å²) in [6.07, 6.45) is 6.69. The second kappa shape index (κ2) is 5.85. The van der Waals surface area contributed by atoms with Crippen LogP contribution >= 0.6 is 0 Å². The zero-order chi connectivity index (χ0) is 16.7. The summed E-state index contributed by atoms with van der Waals surface area (Å²) < 4.78 is 13.8. The number of allylic oxidation sites excluding steroid dienone is 1. The van der Waals surface area contributed by atoms with Crippen LogP contribution < -0.4 is 5.32 Å². The topological polar surface area (TPSA) is 57.1 Å². The third-order valence-corrected chi connectivity index (χ3v) is 4.93. The Hall–Kier alpha value is -2.50. The summed E-state index contributed by atoms with van der Waals surface area (Å²) in [4.78, 5) is 17.3. The maximum atomic E-state index is 13.8. The van der Waals surface area contributed by atoms with Crippen molar-refractivity contribution in [2.45, 2.75) is 25.3 Å². The van der Waals surface area contributed by atoms with E-state index in [0.717, 1.165) is 30.5 Å². The first kappa shape index (κ1) is 15.1. The van der Waals surface area contributed by atoms with Gasteiger partial charge in [0.15, 0.2) is 0 Å². The Labute approximate surface area is 140 Å². The van der Waals surface area contributed by atoms with Gasteiger partial charge in [-0.1, -0.05) is 12.1 Å². The number of benzene rings is 1. The fourth-order valence-electron chi connectivity index (χ4n) is 3.80. The average Bonchev–Trinajstić information content (AvgIpc) is 3.08. The summed E-state index contributed by atoms with van der Waals surface area (Å²) in [7, 11) is 1.91. The number of fused-ring (bicyclic) bond motifs is 2. The van der Waals surface area contributed by atoms with E-state index in [9.17, 15) is 9.18 Å². The van der Waals surface area contributed by atoms with Gasteiger partial charge in [-0.2, -0.15) is 5.10 Å². The van der Waals surface area contributed by atoms with E-state index < -0.39 is 11.7 Å². The van der Waals surface area contributed by atoms with Gasteiger partial charge < -0.3 is 5.32 Å². The quantitative estimate of drug-likeness (QED) is 0.908. The van der Waals surface area contributed by atoms with Crippen LogP contribution in [0, 0.1) is 17.7 Å². The molecule has 0 saturated heterocycles. The van der Waals surface area contributed by atoms with Crippen molar-refractivity contribution in [2.75, 3.05) is 12.4 Å². The van der Waals surface area contributed by atoms with E-state index in [1.54, 1.807) is 24.4 Å². The molecule has 1 N–H and O–H groups in total. The van der Waals surface area contributed by atoms with Crippen LogP contribution in [0.25, 0.3) is 0 Å². The van der Waals surface area contributed by atoms with Crippen LogP contribution in [0.2, 0.25) is 0 Å². The summed E-state index contributed by atoms with van der Waals surface area (Å²) in [6, 6.07) is 6.24. The molecule has 124 valence electrons. The highest BCUT2D eigenvalue weighted by Crippen LogP contribution is 2.40. The van der Waals surface area contributed by atoms with Crippen LogP contribution in [0.3, 0.4) is 0 Å². The van der Waals surface area contributed by atoms with Crippen molar-refractivity contribution < 1.29 is 9.18 Å². The van der Waals surface area contributed by atoms with Crippen molar-refractivity contribution in [1.82, 2.24) is 5.01 Å². The number of aliphatic imine (C=N–C) groups is 1. The largest absolute Gasteiger partial charge is 0.323 e. The molecule has 24 heavy (non-hydrogen) atoms. The van der Waals surface area contributed by atoms with Crippen LogP contribution in [0.4, 0.5) is 10.1 Å². The molecule has 3 aliphatic rings. The normalized spacial score (nSPS) is 27.9. The Morgan fingerprint density at radius 2 is 2.12 bits per heavy atom. The molecule has 0 bridgehead atoms. The molecule has 5 nitrogen and oxygen atoms in total. The van der Waals surface area contributed by atoms with Gasteiger partial charge in [-0.25, -0.2) is 4.39 Å². The third kappa shape index (κ3) is 2.42. The number of rotatable bonds is 2. The minimum absolute atomic E-state index is 0.0329. The first-order valence-electron chi connectivity index (χ1n) is 8.25. The third-order valence-electron chi connectivity index (χ3n) is 4.93. The molecule has 4 rings (SSSR count). The SMILES string of the molecule is CN1N=CC2CCCC3N=CC(C(=O)Nc4ccccc4F)C3=C21. The number of hydrogen-bond acceptors (Lipinski definition) is 4. The molecule has 1 aliphatic carbocycles. The molecule has 2 heterocycles. The summed E-state index contributed by atoms with van der Waals surface area (Å²) >= 11 is 0. The second-order valence-electron chi connectivity index (χ2n) is 6.43. The molecule has 1 aromatic carbocycles. The molecule has 0 radical (unpaired) electrons. The van der Waals surface area contributed by atoms with Crippen molar-refractivity contribution >= 4 is 24.0 Å². The van der Waals surface area contributed by atoms with E-state index in [-0.39, 0.29) is 23.6 Å². The summed E-state index contributed by atoms with van der Waals surface area (Å²) in [5.74, 6) is -0.889. The van der Waals surface area contributed by atoms with Crippen molar-refractivity contribution in [3.63, 3.8) is 0 Å². The van der Waals surface area contributed by atoms with Gasteiger partial charge in [0.05, 0.1) is 17.6 Å². The van der Waals surface area contributed by atoms with Gasteiger partial charge in [0.1, 0.15) is 5.82 Å². The second-order valence-corrected chi connectivity index (χ2v) is 6.43. The maximum absolute atomic E-state index is 13.8. The maximum Gasteiger partial charge on any atom is 0.237 e. The van der Waals surface area contributed by atoms with E-state index in [1.165, 1.54) is 6.07 Å². The predicted molar refractivity (Wildman–Crippen MR) is 91.4 cm³/mol. The Kier molecular flexibility index (Phi) is 3.67. The lowest BCUT2D eigenvalue weighted by Gasteiger charge is -2.22. The standard InChI is InChI=1S/C18H19FN4O/c1-23-17-11(9-21-23)5-4-8-15-16(17)12(10-20-15)18(24)22-14-7-3-2-6-13(14)19/h2-3,6-7,9-12,15H,4-5,8H2,1H3,(H,22,24). The molecule has 6 heteroatoms. The molecule has 0 aromatic heterocycles. The van der Waals surface area contributed by atoms with Crippen molar-refractivity contribution in [3.8, 4) is 0 Å². The van der Waals surface area contributed by atoms with Gasteiger partial charge >= 0.3 is 0 Å². The minimum Gasteiger partial charge on any atom is -0.323 e. The Balaban J connectivity index is 1.66. The molecule has 1 amide bonds. The molecule has 3 atom stereocenters. The zero-order valence-corrected chi connectivity index (χ0v) is 13.4. The number of nitrogens with zero attached hydrogens (tertiary/aromatic N) is 3. The monoisotopic (exact) mass is 326 g/mol. The number of hydrazone groups is 1. The first-order chi connectivity index (χ1) is 11.6. The van der Waals surface area contributed by atoms with E-state index in [1.807, 2.05) is 18.3 Å². The zero-order valence-electron chi connectivity index (χ0n) is 13.4. The highest BCUT2D eigenvalue weighted by atomic mass is 19.1. The number of anilines is 1. The molecular formula is C18H19FN4O. The number of carbonyl (C=O) groups is 1. The molecule has 3 unspecified atom stereocenters. The lowest BCUT2D eigenvalue weighted by Crippen LogP contribution is -2.29. The number of para-hydroxylation sites is 1. The molecule has 1 aromatic rings. The minimum atomic E-state index is -0.464. The Morgan fingerprint density at radius 3 is 2.96 bits per heavy atom. The number of amides is 1. The molecule has 2 aliphatic heterocycles. The summed E-state index contributed by atoms with van der Waals surface area (Å²) in [6.45, 7) is 0. The van der Waals surface area contributed by atoms with E-state index in [2.05, 4.69) is 15.4 Å². The van der Waals surface area contributed by atoms with Crippen LogP contribution in [0.5, 0.6) is 0 Å². The van der Waals surface area contributed by atoms with Gasteiger partial charge in [0.2, 0.25) is 5.91 Å². The predicted octanol–water partition coefficient (Wildman–Crippen LogP) is 2.82. The van der Waals surface area contributed by atoms with Crippen LogP contribution in [0.1, 0.15) is 19.3 Å². The lowest BCUT2D eigenvalue weighted by atomic mass is 9.91. The molecular weight excluding hydrogens is 307 g/mol. The summed E-state index contributed by atoms with van der Waals surface area (Å²) in [5.41, 5.74) is 2.31. The van der Waals surface area contributed by atoms with Gasteiger partial charge in [0, 0.05) is 31.1 Å². The van der Waals surface area contributed by atoms with Gasteiger partial charge in [-0.05, 0) is 37.0 Å². The lowest BCUT2D eigenvalue weighted by molar-refractivity contribution is -0.117. The number of nitrogens with one attached hydrogen (secondary N) is 1. The van der Waals surface area contributed by atoms with Crippen molar-refractivity contribution in [3.05, 3.63) is 41.4 Å². The number of carbonyl (C=O) groups excluding carboxylic acids is 1. The van der Waals surface area contributed by atoms with Crippen LogP contribution in [0.15, 0.2) is 45.6 Å². The van der Waals surface area contributed by atoms with Gasteiger partial charge in [-0.15, -0.1) is 0 Å². The van der Waals surface area contributed by atoms with Crippen molar-refractivity contribution in [1.29, 1.82) is 0 Å². The van der Waals surface area contributed by atoms with E-state index in [4.69, 9.17) is 0 Å². The van der Waals surface area contributed by atoms with E-state index in [0.29, 0.717) is 0 Å². The number of halogens is 1. The fraction of sp³-hybridized carbons (Fsp3) is 0.389. The molecule has 0 spiro atoms. The van der Waals surface area contributed by atoms with Crippen LogP contribution in [-0.4, -0.2) is 36.4 Å². The first-order valence-corrected chi connectivity index (χ1v) is 8.25. The number of hydrogen-bond donors (Lipinski definition) is 1. The average molecular weight is 326 g/mol. The molecule has 0 saturated carbocycles. The molecule has 0 fully saturated rings. The van der Waals surface area contributed by atoms with E-state index >= 15 is 0 Å². The van der Waals surface area contributed by atoms with Crippen molar-refractivity contribution in [2.24, 2.45) is 21.9 Å². The van der Waals surface area contributed by atoms with Gasteiger partial charge in [-0.3, -0.25) is 14.8 Å².